The highest BCUT2D eigenvalue weighted by Gasteiger charge is 2.35. The van der Waals surface area contributed by atoms with Gasteiger partial charge in [0.15, 0.2) is 5.76 Å². The van der Waals surface area contributed by atoms with Gasteiger partial charge in [-0.25, -0.2) is 0 Å². The second-order valence-corrected chi connectivity index (χ2v) is 7.02. The van der Waals surface area contributed by atoms with E-state index in [9.17, 15) is 4.79 Å². The second-order valence-electron chi connectivity index (χ2n) is 6.24. The predicted octanol–water partition coefficient (Wildman–Crippen LogP) is 3.97. The van der Waals surface area contributed by atoms with Crippen molar-refractivity contribution in [2.45, 2.75) is 18.3 Å². The molecule has 3 heterocycles. The summed E-state index contributed by atoms with van der Waals surface area (Å²) in [5.74, 6) is 0.205. The number of carbonyl (C=O) groups excluding carboxylic acids is 1. The summed E-state index contributed by atoms with van der Waals surface area (Å²) >= 11 is 1.69. The number of hydrogen-bond donors (Lipinski definition) is 1. The highest BCUT2D eigenvalue weighted by atomic mass is 32.1. The summed E-state index contributed by atoms with van der Waals surface area (Å²) in [5, 5.41) is 8.29. The Morgan fingerprint density at radius 1 is 1.21 bits per heavy atom. The van der Waals surface area contributed by atoms with Crippen molar-refractivity contribution in [3.63, 3.8) is 0 Å². The number of carbonyl (C=O) groups is 1. The molecule has 1 N–H and O–H groups in total. The van der Waals surface area contributed by atoms with E-state index in [0.717, 1.165) is 37.0 Å². The number of amides is 1. The van der Waals surface area contributed by atoms with Crippen molar-refractivity contribution in [2.24, 2.45) is 0 Å². The summed E-state index contributed by atoms with van der Waals surface area (Å²) in [5.41, 5.74) is 1.99. The van der Waals surface area contributed by atoms with E-state index in [0.29, 0.717) is 12.3 Å². The van der Waals surface area contributed by atoms with Crippen LogP contribution in [0.15, 0.2) is 51.6 Å². The molecular weight excluding hydrogens is 322 g/mol. The molecule has 4 rings (SSSR count). The van der Waals surface area contributed by atoms with Gasteiger partial charge >= 0.3 is 0 Å². The van der Waals surface area contributed by atoms with Gasteiger partial charge in [0.25, 0.3) is 5.91 Å². The molecule has 2 aromatic heterocycles. The molecule has 24 heavy (non-hydrogen) atoms. The zero-order valence-corrected chi connectivity index (χ0v) is 14.1. The Morgan fingerprint density at radius 2 is 2.04 bits per heavy atom. The minimum Gasteiger partial charge on any atom is -0.451 e. The van der Waals surface area contributed by atoms with E-state index < -0.39 is 0 Å². The van der Waals surface area contributed by atoms with Crippen LogP contribution in [0.2, 0.25) is 0 Å². The van der Waals surface area contributed by atoms with Crippen molar-refractivity contribution < 1.29 is 13.9 Å². The molecule has 1 aromatic carbocycles. The largest absolute Gasteiger partial charge is 0.451 e. The average molecular weight is 341 g/mol. The van der Waals surface area contributed by atoms with Gasteiger partial charge < -0.3 is 14.5 Å². The third kappa shape index (κ3) is 2.85. The third-order valence-corrected chi connectivity index (χ3v) is 5.50. The van der Waals surface area contributed by atoms with E-state index in [1.54, 1.807) is 17.4 Å². The standard InChI is InChI=1S/C19H19NO3S/c21-18(17-11-14-3-1-2-4-16(14)23-17)20-13-19(6-8-22-9-7-19)15-5-10-24-12-15/h1-5,10-12H,6-9,13H2,(H,20,21). The molecule has 1 saturated heterocycles. The van der Waals surface area contributed by atoms with Gasteiger partial charge in [-0.2, -0.15) is 11.3 Å². The van der Waals surface area contributed by atoms with Crippen LogP contribution in [-0.4, -0.2) is 25.7 Å². The first-order valence-electron chi connectivity index (χ1n) is 8.14. The molecule has 1 fully saturated rings. The average Bonchev–Trinajstić information content (AvgIpc) is 3.30. The Bertz CT molecular complexity index is 798. The fraction of sp³-hybridized carbons (Fsp3) is 0.316. The predicted molar refractivity (Wildman–Crippen MR) is 94.6 cm³/mol. The van der Waals surface area contributed by atoms with Crippen LogP contribution in [0.1, 0.15) is 29.0 Å². The number of furan rings is 1. The minimum atomic E-state index is -0.160. The number of fused-ring (bicyclic) bond motifs is 1. The number of para-hydroxylation sites is 1. The Kier molecular flexibility index (Phi) is 4.12. The zero-order valence-electron chi connectivity index (χ0n) is 13.3. The normalized spacial score (nSPS) is 17.0. The van der Waals surface area contributed by atoms with E-state index in [4.69, 9.17) is 9.15 Å². The van der Waals surface area contributed by atoms with E-state index in [-0.39, 0.29) is 11.3 Å². The number of rotatable bonds is 4. The molecule has 0 saturated carbocycles. The number of ether oxygens (including phenoxy) is 1. The fourth-order valence-corrected chi connectivity index (χ4v) is 4.11. The van der Waals surface area contributed by atoms with Gasteiger partial charge in [0.05, 0.1) is 0 Å². The van der Waals surface area contributed by atoms with Gasteiger partial charge in [0.1, 0.15) is 5.58 Å². The number of hydrogen-bond acceptors (Lipinski definition) is 4. The van der Waals surface area contributed by atoms with Gasteiger partial charge in [-0.15, -0.1) is 0 Å². The van der Waals surface area contributed by atoms with Crippen LogP contribution < -0.4 is 5.32 Å². The molecule has 124 valence electrons. The molecule has 0 atom stereocenters. The maximum atomic E-state index is 12.5. The number of nitrogens with one attached hydrogen (secondary N) is 1. The molecule has 0 unspecified atom stereocenters. The van der Waals surface area contributed by atoms with Crippen molar-refractivity contribution >= 4 is 28.2 Å². The van der Waals surface area contributed by atoms with Crippen LogP contribution in [-0.2, 0) is 10.2 Å². The van der Waals surface area contributed by atoms with Crippen molar-refractivity contribution in [2.75, 3.05) is 19.8 Å². The van der Waals surface area contributed by atoms with Crippen LogP contribution in [0.25, 0.3) is 11.0 Å². The Hall–Kier alpha value is -2.11. The number of benzene rings is 1. The summed E-state index contributed by atoms with van der Waals surface area (Å²) in [7, 11) is 0. The molecule has 0 radical (unpaired) electrons. The summed E-state index contributed by atoms with van der Waals surface area (Å²) in [6.45, 7) is 2.07. The molecule has 4 nitrogen and oxygen atoms in total. The molecule has 5 heteroatoms. The molecule has 3 aromatic rings. The highest BCUT2D eigenvalue weighted by molar-refractivity contribution is 7.08. The van der Waals surface area contributed by atoms with Crippen molar-refractivity contribution in [3.8, 4) is 0 Å². The van der Waals surface area contributed by atoms with E-state index in [1.165, 1.54) is 5.56 Å². The molecule has 1 aliphatic heterocycles. The van der Waals surface area contributed by atoms with Gasteiger partial charge in [-0.3, -0.25) is 4.79 Å². The van der Waals surface area contributed by atoms with Crippen molar-refractivity contribution in [3.05, 3.63) is 58.5 Å². The second kappa shape index (κ2) is 6.42. The maximum Gasteiger partial charge on any atom is 0.287 e. The summed E-state index contributed by atoms with van der Waals surface area (Å²) in [6, 6.07) is 11.6. The highest BCUT2D eigenvalue weighted by Crippen LogP contribution is 2.35. The Labute approximate surface area is 144 Å². The van der Waals surface area contributed by atoms with Crippen LogP contribution in [0.3, 0.4) is 0 Å². The van der Waals surface area contributed by atoms with Gasteiger partial charge in [-0.05, 0) is 47.4 Å². The lowest BCUT2D eigenvalue weighted by atomic mass is 9.75. The first-order valence-corrected chi connectivity index (χ1v) is 9.08. The summed E-state index contributed by atoms with van der Waals surface area (Å²) < 4.78 is 11.2. The fourth-order valence-electron chi connectivity index (χ4n) is 3.33. The first-order chi connectivity index (χ1) is 11.8. The first kappa shape index (κ1) is 15.4. The van der Waals surface area contributed by atoms with Gasteiger partial charge in [0, 0.05) is 30.6 Å². The molecule has 0 spiro atoms. The quantitative estimate of drug-likeness (QED) is 0.781. The van der Waals surface area contributed by atoms with Gasteiger partial charge in [0.2, 0.25) is 0 Å². The molecule has 0 aliphatic carbocycles. The van der Waals surface area contributed by atoms with Crippen LogP contribution in [0.4, 0.5) is 0 Å². The molecule has 0 bridgehead atoms. The summed E-state index contributed by atoms with van der Waals surface area (Å²) in [6.07, 6.45) is 1.84. The van der Waals surface area contributed by atoms with E-state index in [1.807, 2.05) is 24.3 Å². The summed E-state index contributed by atoms with van der Waals surface area (Å²) in [4.78, 5) is 12.5. The van der Waals surface area contributed by atoms with Crippen LogP contribution in [0.5, 0.6) is 0 Å². The monoisotopic (exact) mass is 341 g/mol. The van der Waals surface area contributed by atoms with Crippen LogP contribution >= 0.6 is 11.3 Å². The topological polar surface area (TPSA) is 51.5 Å². The maximum absolute atomic E-state index is 12.5. The Balaban J connectivity index is 1.52. The smallest absolute Gasteiger partial charge is 0.287 e. The lowest BCUT2D eigenvalue weighted by Crippen LogP contribution is -2.44. The third-order valence-electron chi connectivity index (χ3n) is 4.82. The Morgan fingerprint density at radius 3 is 2.79 bits per heavy atom. The zero-order chi connectivity index (χ0) is 16.4. The molecule has 1 amide bonds. The van der Waals surface area contributed by atoms with Crippen molar-refractivity contribution in [1.29, 1.82) is 0 Å². The lowest BCUT2D eigenvalue weighted by molar-refractivity contribution is 0.0486. The van der Waals surface area contributed by atoms with E-state index >= 15 is 0 Å². The molecule has 1 aliphatic rings. The lowest BCUT2D eigenvalue weighted by Gasteiger charge is -2.37. The SMILES string of the molecule is O=C(NCC1(c2ccsc2)CCOCC1)c1cc2ccccc2o1. The van der Waals surface area contributed by atoms with Crippen molar-refractivity contribution in [1.82, 2.24) is 5.32 Å². The number of thiophene rings is 1. The molecular formula is C19H19NO3S. The van der Waals surface area contributed by atoms with Gasteiger partial charge in [-0.1, -0.05) is 18.2 Å². The minimum absolute atomic E-state index is 0.0417. The van der Waals surface area contributed by atoms with E-state index in [2.05, 4.69) is 22.1 Å². The van der Waals surface area contributed by atoms with Crippen LogP contribution in [0, 0.1) is 0 Å².